The number of hydrogen-bond donors (Lipinski definition) is 1. The van der Waals surface area contributed by atoms with Crippen LogP contribution >= 0.6 is 0 Å². The van der Waals surface area contributed by atoms with E-state index >= 15 is 0 Å². The van der Waals surface area contributed by atoms with Gasteiger partial charge >= 0.3 is 0 Å². The molecule has 1 N–H and O–H groups in total. The smallest absolute Gasteiger partial charge is 0.0607 e. The molecule has 0 saturated heterocycles. The van der Waals surface area contributed by atoms with Crippen LogP contribution in [-0.4, -0.2) is 16.8 Å². The summed E-state index contributed by atoms with van der Waals surface area (Å²) in [7, 11) is 2.01. The minimum atomic E-state index is 0.290. The average molecular weight is 257 g/mol. The second kappa shape index (κ2) is 5.57. The highest BCUT2D eigenvalue weighted by Gasteiger charge is 2.14. The van der Waals surface area contributed by atoms with Crippen molar-refractivity contribution in [2.75, 3.05) is 7.05 Å². The first-order valence-corrected chi connectivity index (χ1v) is 6.76. The van der Waals surface area contributed by atoms with Crippen LogP contribution < -0.4 is 5.32 Å². The fourth-order valence-corrected chi connectivity index (χ4v) is 2.59. The van der Waals surface area contributed by atoms with Crippen LogP contribution in [0.1, 0.15) is 34.1 Å². The number of aromatic nitrogens is 2. The Morgan fingerprint density at radius 2 is 1.89 bits per heavy atom. The molecule has 2 aromatic rings. The Labute approximate surface area is 115 Å². The van der Waals surface area contributed by atoms with Gasteiger partial charge in [-0.25, -0.2) is 0 Å². The van der Waals surface area contributed by atoms with Crippen LogP contribution in [-0.2, 0) is 6.54 Å². The van der Waals surface area contributed by atoms with Gasteiger partial charge in [-0.15, -0.1) is 0 Å². The van der Waals surface area contributed by atoms with Gasteiger partial charge in [-0.1, -0.05) is 23.8 Å². The molecular weight excluding hydrogens is 234 g/mol. The number of aryl methyl sites for hydroxylation is 4. The van der Waals surface area contributed by atoms with E-state index in [1.54, 1.807) is 0 Å². The lowest BCUT2D eigenvalue weighted by molar-refractivity contribution is 0.458. The van der Waals surface area contributed by atoms with E-state index in [0.717, 1.165) is 12.2 Å². The molecule has 0 aliphatic heterocycles. The van der Waals surface area contributed by atoms with Gasteiger partial charge in [0.1, 0.15) is 0 Å². The molecule has 102 valence electrons. The molecule has 3 nitrogen and oxygen atoms in total. The zero-order valence-electron chi connectivity index (χ0n) is 12.5. The first kappa shape index (κ1) is 13.8. The van der Waals surface area contributed by atoms with Gasteiger partial charge < -0.3 is 5.32 Å². The summed E-state index contributed by atoms with van der Waals surface area (Å²) in [6.45, 7) is 9.31. The summed E-state index contributed by atoms with van der Waals surface area (Å²) in [5, 5.41) is 7.95. The second-order valence-corrected chi connectivity index (χ2v) is 5.31. The van der Waals surface area contributed by atoms with Gasteiger partial charge in [-0.2, -0.15) is 5.10 Å². The number of nitrogens with zero attached hydrogens (tertiary/aromatic N) is 2. The number of likely N-dealkylation sites (N-methyl/N-ethyl adjacent to an activating group) is 1. The van der Waals surface area contributed by atoms with Gasteiger partial charge in [-0.3, -0.25) is 4.68 Å². The van der Waals surface area contributed by atoms with E-state index in [0.29, 0.717) is 6.04 Å². The molecule has 0 spiro atoms. The zero-order valence-corrected chi connectivity index (χ0v) is 12.5. The minimum absolute atomic E-state index is 0.290. The summed E-state index contributed by atoms with van der Waals surface area (Å²) in [6.07, 6.45) is 0. The molecule has 2 rings (SSSR count). The second-order valence-electron chi connectivity index (χ2n) is 5.31. The molecule has 1 atom stereocenters. The lowest BCUT2D eigenvalue weighted by atomic mass is 9.99. The first-order chi connectivity index (χ1) is 9.01. The highest BCUT2D eigenvalue weighted by atomic mass is 15.3. The van der Waals surface area contributed by atoms with Crippen molar-refractivity contribution >= 4 is 0 Å². The Morgan fingerprint density at radius 1 is 1.16 bits per heavy atom. The molecule has 1 heterocycles. The summed E-state index contributed by atoms with van der Waals surface area (Å²) < 4.78 is 2.08. The molecule has 0 radical (unpaired) electrons. The molecule has 0 bridgehead atoms. The van der Waals surface area contributed by atoms with Crippen molar-refractivity contribution in [3.63, 3.8) is 0 Å². The molecule has 0 fully saturated rings. The Morgan fingerprint density at radius 3 is 2.42 bits per heavy atom. The van der Waals surface area contributed by atoms with Crippen LogP contribution in [0.5, 0.6) is 0 Å². The lowest BCUT2D eigenvalue weighted by Crippen LogP contribution is -2.24. The Hall–Kier alpha value is -1.61. The molecule has 0 aliphatic carbocycles. The van der Waals surface area contributed by atoms with Gasteiger partial charge in [0.25, 0.3) is 0 Å². The van der Waals surface area contributed by atoms with Crippen molar-refractivity contribution in [3.05, 3.63) is 52.3 Å². The maximum atomic E-state index is 4.55. The van der Waals surface area contributed by atoms with Crippen molar-refractivity contribution in [1.82, 2.24) is 15.1 Å². The average Bonchev–Trinajstić information content (AvgIpc) is 2.65. The summed E-state index contributed by atoms with van der Waals surface area (Å²) in [4.78, 5) is 0. The Balaban J connectivity index is 2.27. The summed E-state index contributed by atoms with van der Waals surface area (Å²) in [5.41, 5.74) is 6.28. The highest BCUT2D eigenvalue weighted by molar-refractivity contribution is 5.32. The fourth-order valence-electron chi connectivity index (χ4n) is 2.59. The molecule has 0 amide bonds. The molecule has 1 unspecified atom stereocenters. The van der Waals surface area contributed by atoms with Crippen molar-refractivity contribution in [3.8, 4) is 0 Å². The Bertz CT molecular complexity index is 569. The normalized spacial score (nSPS) is 12.7. The van der Waals surface area contributed by atoms with Crippen molar-refractivity contribution in [1.29, 1.82) is 0 Å². The molecule has 0 aliphatic rings. The largest absolute Gasteiger partial charge is 0.311 e. The van der Waals surface area contributed by atoms with E-state index in [9.17, 15) is 0 Å². The fraction of sp³-hybridized carbons (Fsp3) is 0.438. The van der Waals surface area contributed by atoms with E-state index in [1.807, 2.05) is 14.0 Å². The summed E-state index contributed by atoms with van der Waals surface area (Å²) >= 11 is 0. The highest BCUT2D eigenvalue weighted by Crippen LogP contribution is 2.21. The predicted molar refractivity (Wildman–Crippen MR) is 79.4 cm³/mol. The van der Waals surface area contributed by atoms with Crippen LogP contribution in [0, 0.1) is 27.7 Å². The Kier molecular flexibility index (Phi) is 4.05. The van der Waals surface area contributed by atoms with E-state index in [2.05, 4.69) is 60.1 Å². The maximum absolute atomic E-state index is 4.55. The van der Waals surface area contributed by atoms with Gasteiger partial charge in [0.15, 0.2) is 0 Å². The number of hydrogen-bond acceptors (Lipinski definition) is 2. The first-order valence-electron chi connectivity index (χ1n) is 6.76. The predicted octanol–water partition coefficient (Wildman–Crippen LogP) is 3.08. The topological polar surface area (TPSA) is 29.9 Å². The molecule has 3 heteroatoms. The number of benzene rings is 1. The van der Waals surface area contributed by atoms with Crippen molar-refractivity contribution in [2.45, 2.75) is 40.3 Å². The minimum Gasteiger partial charge on any atom is -0.311 e. The molecular formula is C16H23N3. The van der Waals surface area contributed by atoms with Crippen LogP contribution in [0.2, 0.25) is 0 Å². The third-order valence-electron chi connectivity index (χ3n) is 3.61. The van der Waals surface area contributed by atoms with Gasteiger partial charge in [0.05, 0.1) is 18.3 Å². The van der Waals surface area contributed by atoms with E-state index in [4.69, 9.17) is 0 Å². The molecule has 1 aromatic carbocycles. The van der Waals surface area contributed by atoms with Crippen LogP contribution in [0.4, 0.5) is 0 Å². The van der Waals surface area contributed by atoms with Crippen molar-refractivity contribution in [2.24, 2.45) is 0 Å². The molecule has 19 heavy (non-hydrogen) atoms. The van der Waals surface area contributed by atoms with E-state index in [-0.39, 0.29) is 0 Å². The summed E-state index contributed by atoms with van der Waals surface area (Å²) in [6, 6.07) is 9.04. The molecule has 1 aromatic heterocycles. The van der Waals surface area contributed by atoms with E-state index in [1.165, 1.54) is 22.4 Å². The van der Waals surface area contributed by atoms with Gasteiger partial charge in [0, 0.05) is 5.69 Å². The third-order valence-corrected chi connectivity index (χ3v) is 3.61. The lowest BCUT2D eigenvalue weighted by Gasteiger charge is -2.20. The summed E-state index contributed by atoms with van der Waals surface area (Å²) in [5.74, 6) is 0. The standard InChI is InChI=1S/C16H23N3/c1-11-6-7-15(12(2)8-11)16(17-5)10-19-14(4)9-13(3)18-19/h6-9,16-17H,10H2,1-5H3. The van der Waals surface area contributed by atoms with Crippen LogP contribution in [0.25, 0.3) is 0 Å². The molecule has 0 saturated carbocycles. The zero-order chi connectivity index (χ0) is 14.0. The van der Waals surface area contributed by atoms with E-state index < -0.39 is 0 Å². The van der Waals surface area contributed by atoms with Crippen molar-refractivity contribution < 1.29 is 0 Å². The van der Waals surface area contributed by atoms with Crippen LogP contribution in [0.3, 0.4) is 0 Å². The van der Waals surface area contributed by atoms with Gasteiger partial charge in [0.2, 0.25) is 0 Å². The third kappa shape index (κ3) is 3.04. The maximum Gasteiger partial charge on any atom is 0.0607 e. The monoisotopic (exact) mass is 257 g/mol. The number of nitrogens with one attached hydrogen (secondary N) is 1. The number of rotatable bonds is 4. The van der Waals surface area contributed by atoms with Gasteiger partial charge in [-0.05, 0) is 51.9 Å². The SMILES string of the molecule is CNC(Cn1nc(C)cc1C)c1ccc(C)cc1C. The van der Waals surface area contributed by atoms with Crippen LogP contribution in [0.15, 0.2) is 24.3 Å². The quantitative estimate of drug-likeness (QED) is 0.912.